The quantitative estimate of drug-likeness (QED) is 0.441. The van der Waals surface area contributed by atoms with Gasteiger partial charge in [-0.25, -0.2) is 8.42 Å². The highest BCUT2D eigenvalue weighted by atomic mass is 32.2. The molecular formula is C17H20N4O6S. The number of ether oxygens (including phenoxy) is 1. The molecular weight excluding hydrogens is 388 g/mol. The van der Waals surface area contributed by atoms with Gasteiger partial charge in [0.1, 0.15) is 22.1 Å². The number of nitro groups is 1. The third-order valence-electron chi connectivity index (χ3n) is 4.20. The Bertz CT molecular complexity index is 1010. The smallest absolute Gasteiger partial charge is 0.270 e. The third kappa shape index (κ3) is 4.21. The zero-order valence-corrected chi connectivity index (χ0v) is 16.2. The lowest BCUT2D eigenvalue weighted by molar-refractivity contribution is -0.385. The molecule has 1 N–H and O–H groups in total. The molecule has 28 heavy (non-hydrogen) atoms. The lowest BCUT2D eigenvalue weighted by Crippen LogP contribution is -2.40. The number of non-ortho nitro benzene ring substituents is 1. The summed E-state index contributed by atoms with van der Waals surface area (Å²) in [6.07, 6.45) is 0. The van der Waals surface area contributed by atoms with E-state index in [2.05, 4.69) is 10.5 Å². The Kier molecular flexibility index (Phi) is 5.77. The van der Waals surface area contributed by atoms with Crippen molar-refractivity contribution in [2.24, 2.45) is 5.10 Å². The largest absolute Gasteiger partial charge is 0.460 e. The third-order valence-corrected chi connectivity index (χ3v) is 6.14. The number of morpholine rings is 1. The number of nitrogens with one attached hydrogen (secondary N) is 1. The van der Waals surface area contributed by atoms with Gasteiger partial charge in [0, 0.05) is 25.2 Å². The van der Waals surface area contributed by atoms with Crippen LogP contribution < -0.4 is 5.43 Å². The molecule has 3 rings (SSSR count). The Labute approximate surface area is 162 Å². The van der Waals surface area contributed by atoms with E-state index in [1.54, 1.807) is 26.0 Å². The van der Waals surface area contributed by atoms with E-state index in [-0.39, 0.29) is 42.6 Å². The van der Waals surface area contributed by atoms with Crippen molar-refractivity contribution in [2.75, 3.05) is 31.7 Å². The lowest BCUT2D eigenvalue weighted by Gasteiger charge is -2.26. The molecule has 0 aliphatic carbocycles. The molecule has 2 heterocycles. The normalized spacial score (nSPS) is 16.1. The van der Waals surface area contributed by atoms with E-state index >= 15 is 0 Å². The molecule has 0 spiro atoms. The van der Waals surface area contributed by atoms with Crippen LogP contribution in [0.15, 0.2) is 44.7 Å². The molecule has 1 aliphatic rings. The average molecular weight is 408 g/mol. The zero-order chi connectivity index (χ0) is 20.3. The Morgan fingerprint density at radius 2 is 1.96 bits per heavy atom. The second-order valence-corrected chi connectivity index (χ2v) is 8.08. The summed E-state index contributed by atoms with van der Waals surface area (Å²) < 4.78 is 38.0. The highest BCUT2D eigenvalue weighted by Gasteiger charge is 2.30. The molecule has 150 valence electrons. The number of sulfonamides is 1. The molecule has 1 saturated heterocycles. The number of furan rings is 1. The number of hydrazone groups is 1. The molecule has 0 radical (unpaired) electrons. The van der Waals surface area contributed by atoms with Crippen LogP contribution in [-0.4, -0.2) is 49.7 Å². The summed E-state index contributed by atoms with van der Waals surface area (Å²) in [4.78, 5) is 10.3. The SMILES string of the molecule is C/C(=N\Nc1ccc([N+](=O)[O-])cc1S(=O)(=O)N1CCOCC1)c1ccc(C)o1. The fourth-order valence-electron chi connectivity index (χ4n) is 2.68. The van der Waals surface area contributed by atoms with Crippen LogP contribution in [0.2, 0.25) is 0 Å². The number of nitrogens with zero attached hydrogens (tertiary/aromatic N) is 3. The van der Waals surface area contributed by atoms with Gasteiger partial charge in [0.15, 0.2) is 0 Å². The fraction of sp³-hybridized carbons (Fsp3) is 0.353. The van der Waals surface area contributed by atoms with E-state index in [9.17, 15) is 18.5 Å². The van der Waals surface area contributed by atoms with Crippen molar-refractivity contribution in [1.29, 1.82) is 0 Å². The van der Waals surface area contributed by atoms with E-state index in [0.29, 0.717) is 11.5 Å². The van der Waals surface area contributed by atoms with Crippen molar-refractivity contribution in [2.45, 2.75) is 18.7 Å². The van der Waals surface area contributed by atoms with E-state index in [0.717, 1.165) is 11.8 Å². The van der Waals surface area contributed by atoms with Crippen molar-refractivity contribution >= 4 is 27.1 Å². The summed E-state index contributed by atoms with van der Waals surface area (Å²) in [5.41, 5.74) is 3.02. The predicted molar refractivity (Wildman–Crippen MR) is 102 cm³/mol. The Hall–Kier alpha value is -2.76. The molecule has 1 aromatic carbocycles. The monoisotopic (exact) mass is 408 g/mol. The fourth-order valence-corrected chi connectivity index (χ4v) is 4.25. The van der Waals surface area contributed by atoms with E-state index < -0.39 is 14.9 Å². The molecule has 1 aliphatic heterocycles. The molecule has 2 aromatic rings. The van der Waals surface area contributed by atoms with Gasteiger partial charge in [0.05, 0.1) is 23.8 Å². The zero-order valence-electron chi connectivity index (χ0n) is 15.4. The molecule has 0 bridgehead atoms. The molecule has 0 unspecified atom stereocenters. The summed E-state index contributed by atoms with van der Waals surface area (Å²) in [6, 6.07) is 7.12. The van der Waals surface area contributed by atoms with Crippen LogP contribution in [0.4, 0.5) is 11.4 Å². The minimum absolute atomic E-state index is 0.139. The van der Waals surface area contributed by atoms with E-state index in [1.807, 2.05) is 0 Å². The van der Waals surface area contributed by atoms with Crippen LogP contribution in [0.1, 0.15) is 18.4 Å². The van der Waals surface area contributed by atoms with Crippen molar-refractivity contribution in [1.82, 2.24) is 4.31 Å². The van der Waals surface area contributed by atoms with Crippen LogP contribution in [0.3, 0.4) is 0 Å². The average Bonchev–Trinajstić information content (AvgIpc) is 3.13. The number of hydrogen-bond donors (Lipinski definition) is 1. The van der Waals surface area contributed by atoms with Gasteiger partial charge in [0.25, 0.3) is 5.69 Å². The standard InChI is InChI=1S/C17H20N4O6S/c1-12-3-6-16(27-12)13(2)18-19-15-5-4-14(21(22)23)11-17(15)28(24,25)20-7-9-26-10-8-20/h3-6,11,19H,7-10H2,1-2H3/b18-13+. The second kappa shape index (κ2) is 8.09. The first kappa shape index (κ1) is 20.0. The summed E-state index contributed by atoms with van der Waals surface area (Å²) >= 11 is 0. The summed E-state index contributed by atoms with van der Waals surface area (Å²) in [5.74, 6) is 1.25. The number of benzene rings is 1. The van der Waals surface area contributed by atoms with Crippen molar-refractivity contribution in [3.63, 3.8) is 0 Å². The van der Waals surface area contributed by atoms with Gasteiger partial charge in [-0.3, -0.25) is 15.5 Å². The van der Waals surface area contributed by atoms with Crippen LogP contribution in [0.5, 0.6) is 0 Å². The summed E-state index contributed by atoms with van der Waals surface area (Å²) in [6.45, 7) is 4.40. The van der Waals surface area contributed by atoms with Crippen LogP contribution in [-0.2, 0) is 14.8 Å². The van der Waals surface area contributed by atoms with Gasteiger partial charge in [-0.15, -0.1) is 0 Å². The number of nitro benzene ring substituents is 1. The highest BCUT2D eigenvalue weighted by Crippen LogP contribution is 2.29. The highest BCUT2D eigenvalue weighted by molar-refractivity contribution is 7.89. The maximum absolute atomic E-state index is 13.0. The van der Waals surface area contributed by atoms with Crippen molar-refractivity contribution < 1.29 is 22.5 Å². The first-order chi connectivity index (χ1) is 13.3. The molecule has 1 aromatic heterocycles. The van der Waals surface area contributed by atoms with E-state index in [4.69, 9.17) is 9.15 Å². The van der Waals surface area contributed by atoms with Gasteiger partial charge in [-0.05, 0) is 32.0 Å². The first-order valence-corrected chi connectivity index (χ1v) is 9.96. The van der Waals surface area contributed by atoms with Gasteiger partial charge in [0.2, 0.25) is 10.0 Å². The molecule has 0 amide bonds. The predicted octanol–water partition coefficient (Wildman–Crippen LogP) is 2.35. The Balaban J connectivity index is 1.97. The number of hydrogen-bond acceptors (Lipinski definition) is 8. The van der Waals surface area contributed by atoms with Gasteiger partial charge in [-0.1, -0.05) is 0 Å². The summed E-state index contributed by atoms with van der Waals surface area (Å²) in [5, 5.41) is 15.3. The molecule has 1 fully saturated rings. The summed E-state index contributed by atoms with van der Waals surface area (Å²) in [7, 11) is -3.96. The number of rotatable bonds is 6. The van der Waals surface area contributed by atoms with Crippen molar-refractivity contribution in [3.05, 3.63) is 52.0 Å². The number of aryl methyl sites for hydroxylation is 1. The molecule has 11 heteroatoms. The van der Waals surface area contributed by atoms with Crippen LogP contribution in [0.25, 0.3) is 0 Å². The molecule has 0 atom stereocenters. The topological polar surface area (TPSA) is 127 Å². The molecule has 0 saturated carbocycles. The van der Waals surface area contributed by atoms with Gasteiger partial charge < -0.3 is 9.15 Å². The molecule has 10 nitrogen and oxygen atoms in total. The second-order valence-electron chi connectivity index (χ2n) is 6.17. The first-order valence-electron chi connectivity index (χ1n) is 8.52. The van der Waals surface area contributed by atoms with Crippen LogP contribution in [0, 0.1) is 17.0 Å². The maximum atomic E-state index is 13.0. The van der Waals surface area contributed by atoms with E-state index in [1.165, 1.54) is 16.4 Å². The van der Waals surface area contributed by atoms with Gasteiger partial charge >= 0.3 is 0 Å². The lowest BCUT2D eigenvalue weighted by atomic mass is 10.3. The minimum atomic E-state index is -3.96. The van der Waals surface area contributed by atoms with Gasteiger partial charge in [-0.2, -0.15) is 9.41 Å². The number of anilines is 1. The van der Waals surface area contributed by atoms with Crippen LogP contribution >= 0.6 is 0 Å². The Morgan fingerprint density at radius 3 is 2.57 bits per heavy atom. The minimum Gasteiger partial charge on any atom is -0.460 e. The maximum Gasteiger partial charge on any atom is 0.270 e. The Morgan fingerprint density at radius 1 is 1.25 bits per heavy atom. The van der Waals surface area contributed by atoms with Crippen molar-refractivity contribution in [3.8, 4) is 0 Å².